The Hall–Kier alpha value is -2.35. The van der Waals surface area contributed by atoms with E-state index in [4.69, 9.17) is 10.1 Å². The monoisotopic (exact) mass is 369 g/mol. The average molecular weight is 369 g/mol. The Balaban J connectivity index is 2.40. The molecule has 0 aliphatic carbocycles. The zero-order valence-corrected chi connectivity index (χ0v) is 14.7. The van der Waals surface area contributed by atoms with Crippen LogP contribution in [0, 0.1) is 11.2 Å². The zero-order valence-electron chi connectivity index (χ0n) is 14.7. The summed E-state index contributed by atoms with van der Waals surface area (Å²) in [6.45, 7) is 4.25. The lowest BCUT2D eigenvalue weighted by atomic mass is 9.98. The minimum absolute atomic E-state index is 0.0426. The van der Waals surface area contributed by atoms with Gasteiger partial charge in [-0.15, -0.1) is 0 Å². The molecule has 1 heterocycles. The van der Waals surface area contributed by atoms with E-state index in [1.54, 1.807) is 13.8 Å². The van der Waals surface area contributed by atoms with Crippen LogP contribution < -0.4 is 10.6 Å². The van der Waals surface area contributed by atoms with Gasteiger partial charge in [-0.05, 0) is 31.5 Å². The third-order valence-electron chi connectivity index (χ3n) is 4.11. The van der Waals surface area contributed by atoms with Crippen LogP contribution >= 0.6 is 0 Å². The zero-order chi connectivity index (χ0) is 19.3. The van der Waals surface area contributed by atoms with Crippen LogP contribution in [0.15, 0.2) is 29.5 Å². The molecule has 0 bridgehead atoms. The van der Waals surface area contributed by atoms with Crippen molar-refractivity contribution in [2.24, 2.45) is 0 Å². The van der Waals surface area contributed by atoms with E-state index in [1.165, 1.54) is 0 Å². The first kappa shape index (κ1) is 20.0. The van der Waals surface area contributed by atoms with E-state index in [0.29, 0.717) is 18.5 Å². The quantitative estimate of drug-likeness (QED) is 0.532. The van der Waals surface area contributed by atoms with Gasteiger partial charge in [-0.1, -0.05) is 6.07 Å². The van der Waals surface area contributed by atoms with E-state index in [-0.39, 0.29) is 35.7 Å². The van der Waals surface area contributed by atoms with Gasteiger partial charge in [0.05, 0.1) is 6.61 Å². The maximum absolute atomic E-state index is 13.6. The van der Waals surface area contributed by atoms with Crippen molar-refractivity contribution in [3.05, 3.63) is 46.4 Å². The fraction of sp³-hybridized carbons (Fsp3) is 0.444. The molecular formula is C18H22F3N3O2. The molecule has 1 unspecified atom stereocenters. The van der Waals surface area contributed by atoms with Crippen LogP contribution in [-0.2, 0) is 9.53 Å². The molecule has 0 spiro atoms. The summed E-state index contributed by atoms with van der Waals surface area (Å²) < 4.78 is 45.1. The third kappa shape index (κ3) is 4.63. The molecule has 8 heteroatoms. The molecule has 0 saturated carbocycles. The van der Waals surface area contributed by atoms with Crippen LogP contribution in [0.1, 0.15) is 43.9 Å². The van der Waals surface area contributed by atoms with E-state index in [1.807, 2.05) is 0 Å². The van der Waals surface area contributed by atoms with Crippen LogP contribution in [0.25, 0.3) is 0 Å². The number of carbonyl (C=O) groups excluding carboxylic acids is 1. The molecule has 1 saturated heterocycles. The van der Waals surface area contributed by atoms with Crippen molar-refractivity contribution in [3.63, 3.8) is 0 Å². The van der Waals surface area contributed by atoms with Crippen molar-refractivity contribution < 1.29 is 22.7 Å². The number of benzene rings is 1. The normalized spacial score (nSPS) is 17.8. The highest BCUT2D eigenvalue weighted by Gasteiger charge is 2.26. The first-order valence-corrected chi connectivity index (χ1v) is 8.38. The van der Waals surface area contributed by atoms with Crippen molar-refractivity contribution in [2.45, 2.75) is 32.7 Å². The molecule has 1 fully saturated rings. The number of alkyl halides is 2. The number of carbonyl (C=O) groups is 1. The molecule has 0 aromatic heterocycles. The van der Waals surface area contributed by atoms with Crippen molar-refractivity contribution in [1.29, 1.82) is 5.41 Å². The van der Waals surface area contributed by atoms with E-state index < -0.39 is 24.3 Å². The summed E-state index contributed by atoms with van der Waals surface area (Å²) in [7, 11) is 0. The standard InChI is InChI=1S/C18H22F3N3O2/c1-3-26-18(25)16(14-9-23-7-6-15(14)22)24-10(2)13-8-11(19)4-5-12(13)17(20)21/h4-5,8,10,17,22-24H,3,6-7,9H2,1-2H3/b16-14-,22-15?. The largest absolute Gasteiger partial charge is 0.461 e. The van der Waals surface area contributed by atoms with E-state index in [9.17, 15) is 18.0 Å². The number of ether oxygens (including phenoxy) is 1. The van der Waals surface area contributed by atoms with Gasteiger partial charge in [-0.2, -0.15) is 0 Å². The Labute approximate surface area is 150 Å². The predicted molar refractivity (Wildman–Crippen MR) is 91.8 cm³/mol. The van der Waals surface area contributed by atoms with Gasteiger partial charge < -0.3 is 20.8 Å². The Bertz CT molecular complexity index is 720. The van der Waals surface area contributed by atoms with Gasteiger partial charge in [-0.25, -0.2) is 18.0 Å². The van der Waals surface area contributed by atoms with E-state index in [0.717, 1.165) is 18.2 Å². The van der Waals surface area contributed by atoms with E-state index in [2.05, 4.69) is 10.6 Å². The number of hydrogen-bond acceptors (Lipinski definition) is 5. The molecule has 0 amide bonds. The highest BCUT2D eigenvalue weighted by molar-refractivity contribution is 6.05. The smallest absolute Gasteiger partial charge is 0.354 e. The van der Waals surface area contributed by atoms with Crippen LogP contribution in [0.2, 0.25) is 0 Å². The molecule has 0 radical (unpaired) electrons. The fourth-order valence-corrected chi connectivity index (χ4v) is 2.81. The first-order chi connectivity index (χ1) is 12.3. The fourth-order valence-electron chi connectivity index (χ4n) is 2.81. The topological polar surface area (TPSA) is 74.2 Å². The molecule has 1 aliphatic rings. The predicted octanol–water partition coefficient (Wildman–Crippen LogP) is 3.24. The van der Waals surface area contributed by atoms with Crippen molar-refractivity contribution in [2.75, 3.05) is 19.7 Å². The molecule has 1 aliphatic heterocycles. The van der Waals surface area contributed by atoms with Gasteiger partial charge in [-0.3, -0.25) is 0 Å². The molecule has 5 nitrogen and oxygen atoms in total. The summed E-state index contributed by atoms with van der Waals surface area (Å²) in [6, 6.07) is 2.26. The summed E-state index contributed by atoms with van der Waals surface area (Å²) in [5.41, 5.74) is 0.492. The molecule has 1 atom stereocenters. The summed E-state index contributed by atoms with van der Waals surface area (Å²) in [6.07, 6.45) is -2.33. The Kier molecular flexibility index (Phi) is 6.79. The molecule has 2 rings (SSSR count). The summed E-state index contributed by atoms with van der Waals surface area (Å²) in [5.74, 6) is -1.31. The van der Waals surface area contributed by atoms with Gasteiger partial charge in [0.25, 0.3) is 6.43 Å². The van der Waals surface area contributed by atoms with Crippen LogP contribution in [-0.4, -0.2) is 31.4 Å². The number of halogens is 3. The van der Waals surface area contributed by atoms with Crippen molar-refractivity contribution in [1.82, 2.24) is 10.6 Å². The van der Waals surface area contributed by atoms with Crippen molar-refractivity contribution in [3.8, 4) is 0 Å². The van der Waals surface area contributed by atoms with Gasteiger partial charge in [0.1, 0.15) is 11.5 Å². The summed E-state index contributed by atoms with van der Waals surface area (Å²) >= 11 is 0. The Morgan fingerprint density at radius 1 is 1.38 bits per heavy atom. The van der Waals surface area contributed by atoms with E-state index >= 15 is 0 Å². The lowest BCUT2D eigenvalue weighted by Crippen LogP contribution is -2.36. The average Bonchev–Trinajstić information content (AvgIpc) is 2.60. The summed E-state index contributed by atoms with van der Waals surface area (Å²) in [4.78, 5) is 12.4. The summed E-state index contributed by atoms with van der Waals surface area (Å²) in [5, 5.41) is 14.0. The van der Waals surface area contributed by atoms with Gasteiger partial charge in [0, 0.05) is 42.4 Å². The van der Waals surface area contributed by atoms with Crippen molar-refractivity contribution >= 4 is 11.7 Å². The second kappa shape index (κ2) is 8.84. The van der Waals surface area contributed by atoms with Crippen LogP contribution in [0.5, 0.6) is 0 Å². The number of nitrogens with one attached hydrogen (secondary N) is 3. The maximum Gasteiger partial charge on any atom is 0.354 e. The minimum Gasteiger partial charge on any atom is -0.461 e. The molecule has 3 N–H and O–H groups in total. The number of piperidine rings is 1. The molecule has 142 valence electrons. The molecule has 1 aromatic rings. The lowest BCUT2D eigenvalue weighted by molar-refractivity contribution is -0.139. The number of hydrogen-bond donors (Lipinski definition) is 3. The van der Waals surface area contributed by atoms with Crippen LogP contribution in [0.3, 0.4) is 0 Å². The first-order valence-electron chi connectivity index (χ1n) is 8.38. The van der Waals surface area contributed by atoms with Gasteiger partial charge in [0.2, 0.25) is 0 Å². The number of rotatable bonds is 6. The molecule has 1 aromatic carbocycles. The highest BCUT2D eigenvalue weighted by atomic mass is 19.3. The minimum atomic E-state index is -2.77. The maximum atomic E-state index is 13.6. The molecule has 26 heavy (non-hydrogen) atoms. The lowest BCUT2D eigenvalue weighted by Gasteiger charge is -2.25. The third-order valence-corrected chi connectivity index (χ3v) is 4.11. The Morgan fingerprint density at radius 2 is 2.12 bits per heavy atom. The highest BCUT2D eigenvalue weighted by Crippen LogP contribution is 2.29. The Morgan fingerprint density at radius 3 is 2.73 bits per heavy atom. The second-order valence-corrected chi connectivity index (χ2v) is 5.92. The van der Waals surface area contributed by atoms with Gasteiger partial charge >= 0.3 is 5.97 Å². The molecular weight excluding hydrogens is 347 g/mol. The second-order valence-electron chi connectivity index (χ2n) is 5.92. The van der Waals surface area contributed by atoms with Gasteiger partial charge in [0.15, 0.2) is 0 Å². The van der Waals surface area contributed by atoms with Crippen LogP contribution in [0.4, 0.5) is 13.2 Å². The number of esters is 1. The SMILES string of the molecule is CCOC(=O)/C(NC(C)c1cc(F)ccc1C(F)F)=C1\CNCCC1=N.